The lowest BCUT2D eigenvalue weighted by atomic mass is 9.98. The van der Waals surface area contributed by atoms with E-state index in [1.54, 1.807) is 46.1 Å². The first kappa shape index (κ1) is 32.0. The van der Waals surface area contributed by atoms with Gasteiger partial charge in [-0.15, -0.1) is 0 Å². The number of likely N-dealkylation sites (N-methyl/N-ethyl adjacent to an activating group) is 1. The Kier molecular flexibility index (Phi) is 10.7. The third-order valence-corrected chi connectivity index (χ3v) is 8.39. The van der Waals surface area contributed by atoms with Gasteiger partial charge in [-0.05, 0) is 41.9 Å². The molecule has 3 saturated heterocycles. The van der Waals surface area contributed by atoms with Gasteiger partial charge in [0.05, 0.1) is 26.3 Å². The van der Waals surface area contributed by atoms with Crippen LogP contribution in [0.5, 0.6) is 5.75 Å². The molecule has 3 aromatic rings. The zero-order valence-electron chi connectivity index (χ0n) is 25.9. The second-order valence-corrected chi connectivity index (χ2v) is 11.4. The van der Waals surface area contributed by atoms with Crippen LogP contribution in [-0.2, 0) is 38.6 Å². The van der Waals surface area contributed by atoms with Crippen LogP contribution in [0.2, 0.25) is 0 Å². The highest BCUT2D eigenvalue weighted by Crippen LogP contribution is 2.30. The van der Waals surface area contributed by atoms with Gasteiger partial charge in [0.25, 0.3) is 0 Å². The summed E-state index contributed by atoms with van der Waals surface area (Å²) in [6, 6.07) is 24.3. The minimum absolute atomic E-state index is 0.0223. The smallest absolute Gasteiger partial charge is 0.246 e. The predicted octanol–water partition coefficient (Wildman–Crippen LogP) is 2.06. The molecular formula is C34H42N6O5. The first-order valence-electron chi connectivity index (χ1n) is 15.3. The fourth-order valence-electron chi connectivity index (χ4n) is 6.15. The van der Waals surface area contributed by atoms with E-state index in [9.17, 15) is 19.5 Å². The fourth-order valence-corrected chi connectivity index (χ4v) is 6.15. The molecule has 238 valence electrons. The standard InChI is InChI=1S/C26H31N5O5.C8H11N/c1-27-17-25(34)31-23(14-19-6-8-21(33)9-7-19)26(35)29(16-24(31)30(27)18-32)15-20-4-2-3-5-22(20)28-10-12-36-13-11-28;1-9-7-8-5-3-2-4-6-8/h2-9,18,23-24,33H,10-17H2,1H3;2-6,9H,7H2,1H3/t23-,24+;/m0./s1. The Balaban J connectivity index is 0.000000383. The zero-order valence-corrected chi connectivity index (χ0v) is 25.9. The minimum atomic E-state index is -0.757. The van der Waals surface area contributed by atoms with Gasteiger partial charge >= 0.3 is 0 Å². The zero-order chi connectivity index (χ0) is 31.8. The number of ether oxygens (including phenoxy) is 1. The molecule has 3 heterocycles. The van der Waals surface area contributed by atoms with Crippen molar-refractivity contribution in [2.45, 2.75) is 31.7 Å². The second kappa shape index (κ2) is 15.0. The van der Waals surface area contributed by atoms with Gasteiger partial charge in [0.15, 0.2) is 0 Å². The molecule has 0 saturated carbocycles. The number of rotatable bonds is 8. The second-order valence-electron chi connectivity index (χ2n) is 11.4. The van der Waals surface area contributed by atoms with Crippen molar-refractivity contribution < 1.29 is 24.2 Å². The van der Waals surface area contributed by atoms with Crippen molar-refractivity contribution in [3.63, 3.8) is 0 Å². The van der Waals surface area contributed by atoms with Crippen LogP contribution >= 0.6 is 0 Å². The molecule has 45 heavy (non-hydrogen) atoms. The Morgan fingerprint density at radius 2 is 1.62 bits per heavy atom. The van der Waals surface area contributed by atoms with Gasteiger partial charge in [-0.25, -0.2) is 5.01 Å². The number of nitrogens with zero attached hydrogens (tertiary/aromatic N) is 5. The van der Waals surface area contributed by atoms with Crippen molar-refractivity contribution in [1.82, 2.24) is 25.1 Å². The Hall–Kier alpha value is -4.45. The maximum absolute atomic E-state index is 13.9. The summed E-state index contributed by atoms with van der Waals surface area (Å²) in [6.45, 7) is 4.45. The number of aromatic hydroxyl groups is 1. The van der Waals surface area contributed by atoms with Gasteiger partial charge < -0.3 is 29.9 Å². The van der Waals surface area contributed by atoms with Crippen LogP contribution < -0.4 is 10.2 Å². The average molecular weight is 615 g/mol. The lowest BCUT2D eigenvalue weighted by Gasteiger charge is -2.53. The number of piperazine rings is 1. The molecule has 3 aliphatic rings. The number of para-hydroxylation sites is 1. The molecule has 11 heteroatoms. The molecule has 6 rings (SSSR count). The van der Waals surface area contributed by atoms with Crippen LogP contribution in [0, 0.1) is 0 Å². The van der Waals surface area contributed by atoms with Gasteiger partial charge in [0.1, 0.15) is 18.0 Å². The Morgan fingerprint density at radius 1 is 0.933 bits per heavy atom. The summed E-state index contributed by atoms with van der Waals surface area (Å²) in [7, 11) is 3.65. The van der Waals surface area contributed by atoms with Crippen LogP contribution in [0.4, 0.5) is 5.69 Å². The number of hydrogen-bond donors (Lipinski definition) is 2. The number of nitrogens with one attached hydrogen (secondary N) is 1. The van der Waals surface area contributed by atoms with E-state index in [4.69, 9.17) is 4.74 Å². The van der Waals surface area contributed by atoms with E-state index in [1.807, 2.05) is 43.4 Å². The molecule has 3 aromatic carbocycles. The largest absolute Gasteiger partial charge is 0.508 e. The lowest BCUT2D eigenvalue weighted by Crippen LogP contribution is -2.74. The molecule has 3 amide bonds. The van der Waals surface area contributed by atoms with Crippen molar-refractivity contribution in [1.29, 1.82) is 0 Å². The third-order valence-electron chi connectivity index (χ3n) is 8.39. The fraction of sp³-hybridized carbons (Fsp3) is 0.382. The van der Waals surface area contributed by atoms with E-state index in [0.29, 0.717) is 26.2 Å². The molecule has 3 aliphatic heterocycles. The maximum Gasteiger partial charge on any atom is 0.246 e. The molecule has 0 spiro atoms. The van der Waals surface area contributed by atoms with E-state index in [2.05, 4.69) is 28.4 Å². The van der Waals surface area contributed by atoms with Gasteiger partial charge in [0.2, 0.25) is 18.2 Å². The SMILES string of the molecule is CN1CC(=O)N2[C@@H](Cc3ccc(O)cc3)C(=O)N(Cc3ccccc3N3CCOCC3)C[C@@H]2N1C=O.CNCc1ccccc1. The molecule has 0 aromatic heterocycles. The monoisotopic (exact) mass is 614 g/mol. The van der Waals surface area contributed by atoms with Gasteiger partial charge in [-0.2, -0.15) is 0 Å². The molecule has 0 unspecified atom stereocenters. The highest BCUT2D eigenvalue weighted by molar-refractivity contribution is 5.91. The van der Waals surface area contributed by atoms with E-state index in [1.165, 1.54) is 10.6 Å². The summed E-state index contributed by atoms with van der Waals surface area (Å²) >= 11 is 0. The van der Waals surface area contributed by atoms with E-state index in [0.717, 1.165) is 42.9 Å². The molecule has 0 aliphatic carbocycles. The number of amides is 3. The molecule has 11 nitrogen and oxygen atoms in total. The summed E-state index contributed by atoms with van der Waals surface area (Å²) in [6.07, 6.45) is 0.417. The number of hydrogen-bond acceptors (Lipinski definition) is 8. The average Bonchev–Trinajstić information content (AvgIpc) is 3.06. The molecular weight excluding hydrogens is 572 g/mol. The number of morpholine rings is 1. The predicted molar refractivity (Wildman–Crippen MR) is 171 cm³/mol. The van der Waals surface area contributed by atoms with Crippen LogP contribution in [-0.4, -0.2) is 109 Å². The number of carbonyl (C=O) groups excluding carboxylic acids is 3. The maximum atomic E-state index is 13.9. The van der Waals surface area contributed by atoms with E-state index in [-0.39, 0.29) is 30.7 Å². The summed E-state index contributed by atoms with van der Waals surface area (Å²) in [5.74, 6) is -0.207. The van der Waals surface area contributed by atoms with E-state index >= 15 is 0 Å². The summed E-state index contributed by atoms with van der Waals surface area (Å²) < 4.78 is 5.51. The molecule has 0 radical (unpaired) electrons. The van der Waals surface area contributed by atoms with Crippen LogP contribution in [0.3, 0.4) is 0 Å². The van der Waals surface area contributed by atoms with Crippen molar-refractivity contribution in [3.05, 3.63) is 95.6 Å². The van der Waals surface area contributed by atoms with E-state index < -0.39 is 12.2 Å². The number of phenols is 1. The first-order chi connectivity index (χ1) is 21.9. The number of phenolic OH excluding ortho intramolecular Hbond substituents is 1. The molecule has 0 bridgehead atoms. The van der Waals surface area contributed by atoms with Crippen LogP contribution in [0.15, 0.2) is 78.9 Å². The lowest BCUT2D eigenvalue weighted by molar-refractivity contribution is -0.196. The highest BCUT2D eigenvalue weighted by Gasteiger charge is 2.49. The first-order valence-corrected chi connectivity index (χ1v) is 15.3. The number of carbonyl (C=O) groups is 3. The van der Waals surface area contributed by atoms with Gasteiger partial charge in [-0.3, -0.25) is 19.4 Å². The molecule has 3 fully saturated rings. The topological polar surface area (TPSA) is 109 Å². The quantitative estimate of drug-likeness (QED) is 0.372. The summed E-state index contributed by atoms with van der Waals surface area (Å²) in [4.78, 5) is 44.7. The highest BCUT2D eigenvalue weighted by atomic mass is 16.5. The minimum Gasteiger partial charge on any atom is -0.508 e. The van der Waals surface area contributed by atoms with Crippen molar-refractivity contribution in [2.24, 2.45) is 0 Å². The van der Waals surface area contributed by atoms with Gasteiger partial charge in [-0.1, -0.05) is 60.7 Å². The Bertz CT molecular complexity index is 1430. The molecule has 2 N–H and O–H groups in total. The summed E-state index contributed by atoms with van der Waals surface area (Å²) in [5, 5.41) is 15.9. The third kappa shape index (κ3) is 7.62. The van der Waals surface area contributed by atoms with Crippen molar-refractivity contribution in [2.75, 3.05) is 58.4 Å². The number of hydrazine groups is 1. The Morgan fingerprint density at radius 3 is 2.31 bits per heavy atom. The molecule has 2 atom stereocenters. The number of anilines is 1. The summed E-state index contributed by atoms with van der Waals surface area (Å²) in [5.41, 5.74) is 4.23. The Labute approximate surface area is 264 Å². The van der Waals surface area contributed by atoms with Crippen LogP contribution in [0.25, 0.3) is 0 Å². The van der Waals surface area contributed by atoms with Crippen molar-refractivity contribution >= 4 is 23.9 Å². The van der Waals surface area contributed by atoms with Crippen molar-refractivity contribution in [3.8, 4) is 5.75 Å². The normalized spacial score (nSPS) is 20.4. The number of benzene rings is 3. The van der Waals surface area contributed by atoms with Crippen LogP contribution in [0.1, 0.15) is 16.7 Å². The number of fused-ring (bicyclic) bond motifs is 1. The van der Waals surface area contributed by atoms with Gasteiger partial charge in [0, 0.05) is 45.3 Å².